The van der Waals surface area contributed by atoms with Crippen molar-refractivity contribution >= 4 is 17.4 Å². The lowest BCUT2D eigenvalue weighted by atomic mass is 9.94. The minimum Gasteiger partial charge on any atom is -0.314 e. The maximum Gasteiger partial charge on any atom is 0.143 e. The van der Waals surface area contributed by atoms with E-state index in [1.807, 2.05) is 18.5 Å². The second kappa shape index (κ2) is 6.06. The van der Waals surface area contributed by atoms with Gasteiger partial charge in [-0.1, -0.05) is 18.5 Å². The molecule has 0 radical (unpaired) electrons. The lowest BCUT2D eigenvalue weighted by Crippen LogP contribution is -2.29. The van der Waals surface area contributed by atoms with Crippen molar-refractivity contribution in [3.8, 4) is 0 Å². The van der Waals surface area contributed by atoms with Gasteiger partial charge in [0.25, 0.3) is 0 Å². The standard InChI is InChI=1S/C14H22ClN3O/c1-4-11-14(15)12(18(5-2)17-11)8-13(19)10-6-7-16-9(10)3/h9-10,16H,4-8H2,1-3H3. The highest BCUT2D eigenvalue weighted by molar-refractivity contribution is 6.32. The first kappa shape index (κ1) is 14.5. The van der Waals surface area contributed by atoms with Crippen LogP contribution in [0.4, 0.5) is 0 Å². The molecule has 2 unspecified atom stereocenters. The zero-order valence-electron chi connectivity index (χ0n) is 11.9. The average Bonchev–Trinajstić information content (AvgIpc) is 2.95. The van der Waals surface area contributed by atoms with Gasteiger partial charge in [0.05, 0.1) is 22.8 Å². The molecule has 0 saturated carbocycles. The van der Waals surface area contributed by atoms with Crippen LogP contribution >= 0.6 is 11.6 Å². The van der Waals surface area contributed by atoms with Gasteiger partial charge >= 0.3 is 0 Å². The van der Waals surface area contributed by atoms with Crippen molar-refractivity contribution in [3.05, 3.63) is 16.4 Å². The van der Waals surface area contributed by atoms with Gasteiger partial charge in [-0.3, -0.25) is 9.48 Å². The molecule has 1 fully saturated rings. The highest BCUT2D eigenvalue weighted by Crippen LogP contribution is 2.25. The van der Waals surface area contributed by atoms with E-state index in [1.54, 1.807) is 0 Å². The van der Waals surface area contributed by atoms with Crippen LogP contribution in [0.15, 0.2) is 0 Å². The van der Waals surface area contributed by atoms with E-state index in [2.05, 4.69) is 17.3 Å². The van der Waals surface area contributed by atoms with Crippen LogP contribution in [0.25, 0.3) is 0 Å². The molecule has 2 atom stereocenters. The van der Waals surface area contributed by atoms with Crippen LogP contribution in [0.3, 0.4) is 0 Å². The summed E-state index contributed by atoms with van der Waals surface area (Å²) in [5.74, 6) is 0.387. The van der Waals surface area contributed by atoms with Crippen LogP contribution < -0.4 is 5.32 Å². The molecule has 4 nitrogen and oxygen atoms in total. The molecule has 0 amide bonds. The fourth-order valence-corrected chi connectivity index (χ4v) is 3.12. The number of hydrogen-bond donors (Lipinski definition) is 1. The van der Waals surface area contributed by atoms with Crippen LogP contribution in [-0.2, 0) is 24.2 Å². The van der Waals surface area contributed by atoms with Crippen LogP contribution in [0, 0.1) is 5.92 Å². The predicted octanol–water partition coefficient (Wildman–Crippen LogP) is 2.23. The number of ketones is 1. The fraction of sp³-hybridized carbons (Fsp3) is 0.714. The summed E-state index contributed by atoms with van der Waals surface area (Å²) in [5, 5.41) is 8.46. The third-order valence-corrected chi connectivity index (χ3v) is 4.41. The molecule has 2 heterocycles. The predicted molar refractivity (Wildman–Crippen MR) is 76.6 cm³/mol. The summed E-state index contributed by atoms with van der Waals surface area (Å²) in [6.07, 6.45) is 2.13. The zero-order chi connectivity index (χ0) is 14.0. The van der Waals surface area contributed by atoms with Gasteiger partial charge < -0.3 is 5.32 Å². The Labute approximate surface area is 119 Å². The Morgan fingerprint density at radius 1 is 1.53 bits per heavy atom. The Kier molecular flexibility index (Phi) is 4.63. The summed E-state index contributed by atoms with van der Waals surface area (Å²) in [4.78, 5) is 12.4. The zero-order valence-corrected chi connectivity index (χ0v) is 12.6. The molecular formula is C14H22ClN3O. The number of carbonyl (C=O) groups excluding carboxylic acids is 1. The van der Waals surface area contributed by atoms with Crippen molar-refractivity contribution in [2.45, 2.75) is 52.6 Å². The van der Waals surface area contributed by atoms with Crippen molar-refractivity contribution in [3.63, 3.8) is 0 Å². The fourth-order valence-electron chi connectivity index (χ4n) is 2.78. The lowest BCUT2D eigenvalue weighted by molar-refractivity contribution is -0.122. The average molecular weight is 284 g/mol. The van der Waals surface area contributed by atoms with E-state index in [4.69, 9.17) is 11.6 Å². The quantitative estimate of drug-likeness (QED) is 0.901. The van der Waals surface area contributed by atoms with Gasteiger partial charge in [-0.05, 0) is 33.2 Å². The summed E-state index contributed by atoms with van der Waals surface area (Å²) >= 11 is 6.34. The number of aromatic nitrogens is 2. The van der Waals surface area contributed by atoms with E-state index in [1.165, 1.54) is 0 Å². The van der Waals surface area contributed by atoms with Crippen LogP contribution in [0.2, 0.25) is 5.02 Å². The Morgan fingerprint density at radius 2 is 2.26 bits per heavy atom. The SMILES string of the molecule is CCc1nn(CC)c(CC(=O)C2CCNC2C)c1Cl. The van der Waals surface area contributed by atoms with E-state index < -0.39 is 0 Å². The number of hydrogen-bond acceptors (Lipinski definition) is 3. The molecule has 1 aliphatic heterocycles. The minimum atomic E-state index is 0.112. The number of nitrogens with zero attached hydrogens (tertiary/aromatic N) is 2. The Morgan fingerprint density at radius 3 is 2.79 bits per heavy atom. The molecule has 0 aromatic carbocycles. The number of halogens is 1. The van der Waals surface area contributed by atoms with Gasteiger partial charge in [0.1, 0.15) is 5.78 Å². The van der Waals surface area contributed by atoms with Gasteiger partial charge in [-0.15, -0.1) is 0 Å². The molecule has 0 spiro atoms. The van der Waals surface area contributed by atoms with Crippen molar-refractivity contribution < 1.29 is 4.79 Å². The van der Waals surface area contributed by atoms with Gasteiger partial charge in [-0.25, -0.2) is 0 Å². The third-order valence-electron chi connectivity index (χ3n) is 3.97. The van der Waals surface area contributed by atoms with Crippen molar-refractivity contribution in [2.75, 3.05) is 6.54 Å². The van der Waals surface area contributed by atoms with Crippen molar-refractivity contribution in [1.82, 2.24) is 15.1 Å². The summed E-state index contributed by atoms with van der Waals surface area (Å²) in [6, 6.07) is 0.273. The molecule has 1 aromatic rings. The molecule has 0 bridgehead atoms. The molecule has 1 aliphatic rings. The van der Waals surface area contributed by atoms with E-state index >= 15 is 0 Å². The van der Waals surface area contributed by atoms with E-state index in [9.17, 15) is 4.79 Å². The molecule has 19 heavy (non-hydrogen) atoms. The highest BCUT2D eigenvalue weighted by atomic mass is 35.5. The van der Waals surface area contributed by atoms with Gasteiger partial charge in [0.15, 0.2) is 0 Å². The monoisotopic (exact) mass is 283 g/mol. The van der Waals surface area contributed by atoms with Crippen molar-refractivity contribution in [2.24, 2.45) is 5.92 Å². The first-order valence-corrected chi connectivity index (χ1v) is 7.46. The summed E-state index contributed by atoms with van der Waals surface area (Å²) < 4.78 is 1.87. The maximum atomic E-state index is 12.4. The summed E-state index contributed by atoms with van der Waals surface area (Å²) in [7, 11) is 0. The topological polar surface area (TPSA) is 46.9 Å². The van der Waals surface area contributed by atoms with E-state index in [-0.39, 0.29) is 17.7 Å². The van der Waals surface area contributed by atoms with Crippen LogP contribution in [0.5, 0.6) is 0 Å². The molecule has 106 valence electrons. The number of aryl methyl sites for hydroxylation is 2. The minimum absolute atomic E-state index is 0.112. The molecular weight excluding hydrogens is 262 g/mol. The molecule has 2 rings (SSSR count). The second-order valence-corrected chi connectivity index (χ2v) is 5.54. The van der Waals surface area contributed by atoms with Gasteiger partial charge in [-0.2, -0.15) is 5.10 Å². The first-order valence-electron chi connectivity index (χ1n) is 7.08. The largest absolute Gasteiger partial charge is 0.314 e. The lowest BCUT2D eigenvalue weighted by Gasteiger charge is -2.14. The Bertz CT molecular complexity index is 470. The van der Waals surface area contributed by atoms with E-state index in [0.717, 1.165) is 37.3 Å². The normalized spacial score (nSPS) is 22.9. The molecule has 5 heteroatoms. The smallest absolute Gasteiger partial charge is 0.143 e. The number of carbonyl (C=O) groups is 1. The highest BCUT2D eigenvalue weighted by Gasteiger charge is 2.30. The van der Waals surface area contributed by atoms with Gasteiger partial charge in [0.2, 0.25) is 0 Å². The number of nitrogens with one attached hydrogen (secondary N) is 1. The first-order chi connectivity index (χ1) is 9.08. The molecule has 0 aliphatic carbocycles. The third kappa shape index (κ3) is 2.84. The maximum absolute atomic E-state index is 12.4. The molecule has 1 saturated heterocycles. The van der Waals surface area contributed by atoms with Crippen LogP contribution in [-0.4, -0.2) is 28.2 Å². The number of Topliss-reactive ketones (excluding diaryl/α,β-unsaturated/α-hetero) is 1. The Hall–Kier alpha value is -0.870. The number of rotatable bonds is 5. The second-order valence-electron chi connectivity index (χ2n) is 5.16. The van der Waals surface area contributed by atoms with Crippen LogP contribution in [0.1, 0.15) is 38.6 Å². The summed E-state index contributed by atoms with van der Waals surface area (Å²) in [6.45, 7) is 7.81. The van der Waals surface area contributed by atoms with E-state index in [0.29, 0.717) is 11.4 Å². The molecule has 1 aromatic heterocycles. The van der Waals surface area contributed by atoms with Gasteiger partial charge in [0, 0.05) is 18.5 Å². The summed E-state index contributed by atoms with van der Waals surface area (Å²) in [5.41, 5.74) is 1.77. The molecule has 1 N–H and O–H groups in total. The van der Waals surface area contributed by atoms with Crippen molar-refractivity contribution in [1.29, 1.82) is 0 Å². The Balaban J connectivity index is 2.18.